The molecule has 2 aromatic rings. The third-order valence-corrected chi connectivity index (χ3v) is 1.94. The van der Waals surface area contributed by atoms with Gasteiger partial charge in [0.2, 0.25) is 0 Å². The molecular weight excluding hydrogens is 222 g/mol. The van der Waals surface area contributed by atoms with Gasteiger partial charge in [-0.05, 0) is 6.92 Å². The molecule has 0 spiro atoms. The average molecular weight is 231 g/mol. The Bertz CT molecular complexity index is 570. The van der Waals surface area contributed by atoms with Crippen LogP contribution < -0.4 is 10.9 Å². The second-order valence-corrected chi connectivity index (χ2v) is 3.27. The molecule has 7 nitrogen and oxygen atoms in total. The zero-order valence-corrected chi connectivity index (χ0v) is 8.97. The number of nitrogens with zero attached hydrogens (tertiary/aromatic N) is 3. The molecule has 0 bridgehead atoms. The summed E-state index contributed by atoms with van der Waals surface area (Å²) in [5.74, 6) is 0.180. The molecule has 0 atom stereocenters. The number of hydrogen-bond acceptors (Lipinski definition) is 5. The van der Waals surface area contributed by atoms with Crippen LogP contribution in [0.4, 0.5) is 5.69 Å². The van der Waals surface area contributed by atoms with Crippen LogP contribution >= 0.6 is 0 Å². The molecule has 86 valence electrons. The zero-order valence-electron chi connectivity index (χ0n) is 8.97. The maximum Gasteiger partial charge on any atom is 0.275 e. The fourth-order valence-electron chi connectivity index (χ4n) is 1.12. The van der Waals surface area contributed by atoms with Gasteiger partial charge in [0.05, 0.1) is 24.3 Å². The molecule has 0 radical (unpaired) electrons. The van der Waals surface area contributed by atoms with Crippen LogP contribution in [-0.2, 0) is 0 Å². The molecule has 0 unspecified atom stereocenters. The summed E-state index contributed by atoms with van der Waals surface area (Å²) in [6.45, 7) is 1.75. The number of rotatable bonds is 2. The fourth-order valence-corrected chi connectivity index (χ4v) is 1.12. The maximum atomic E-state index is 11.7. The predicted molar refractivity (Wildman–Crippen MR) is 59.6 cm³/mol. The molecule has 0 aromatic carbocycles. The summed E-state index contributed by atoms with van der Waals surface area (Å²) in [6, 6.07) is 0. The van der Waals surface area contributed by atoms with Gasteiger partial charge in [0.25, 0.3) is 11.5 Å². The lowest BCUT2D eigenvalue weighted by Gasteiger charge is -2.03. The van der Waals surface area contributed by atoms with Crippen LogP contribution in [-0.4, -0.2) is 25.8 Å². The topological polar surface area (TPSA) is 101 Å². The van der Waals surface area contributed by atoms with Crippen LogP contribution in [0.15, 0.2) is 29.6 Å². The first-order valence-electron chi connectivity index (χ1n) is 4.80. The molecule has 2 N–H and O–H groups in total. The molecule has 2 aromatic heterocycles. The Kier molecular flexibility index (Phi) is 2.91. The highest BCUT2D eigenvalue weighted by molar-refractivity contribution is 6.02. The van der Waals surface area contributed by atoms with E-state index in [1.54, 1.807) is 6.92 Å². The standard InChI is InChI=1S/C10H9N5O2/c1-6-11-2-7(3-12-6)15-10(17)8-4-14-9(16)5-13-8/h2-5H,1H3,(H,14,16)(H,15,17). The van der Waals surface area contributed by atoms with Gasteiger partial charge in [0, 0.05) is 6.20 Å². The van der Waals surface area contributed by atoms with Gasteiger partial charge in [-0.25, -0.2) is 15.0 Å². The van der Waals surface area contributed by atoms with Crippen molar-refractivity contribution in [2.45, 2.75) is 6.92 Å². The van der Waals surface area contributed by atoms with E-state index in [9.17, 15) is 9.59 Å². The summed E-state index contributed by atoms with van der Waals surface area (Å²) in [7, 11) is 0. The second kappa shape index (κ2) is 4.52. The largest absolute Gasteiger partial charge is 0.325 e. The molecule has 17 heavy (non-hydrogen) atoms. The first kappa shape index (κ1) is 10.9. The van der Waals surface area contributed by atoms with Crippen molar-refractivity contribution in [3.8, 4) is 0 Å². The average Bonchev–Trinajstić information content (AvgIpc) is 2.33. The van der Waals surface area contributed by atoms with Crippen molar-refractivity contribution in [2.75, 3.05) is 5.32 Å². The Morgan fingerprint density at radius 1 is 1.24 bits per heavy atom. The Hall–Kier alpha value is -2.57. The van der Waals surface area contributed by atoms with E-state index < -0.39 is 5.91 Å². The van der Waals surface area contributed by atoms with Crippen molar-refractivity contribution in [1.29, 1.82) is 0 Å². The second-order valence-electron chi connectivity index (χ2n) is 3.27. The highest BCUT2D eigenvalue weighted by Crippen LogP contribution is 2.04. The molecule has 2 rings (SSSR count). The van der Waals surface area contributed by atoms with Crippen LogP contribution in [0.25, 0.3) is 0 Å². The number of H-pyrrole nitrogens is 1. The maximum absolute atomic E-state index is 11.7. The van der Waals surface area contributed by atoms with E-state index in [0.29, 0.717) is 11.5 Å². The van der Waals surface area contributed by atoms with Gasteiger partial charge in [-0.1, -0.05) is 0 Å². The summed E-state index contributed by atoms with van der Waals surface area (Å²) in [4.78, 5) is 36.4. The number of carbonyl (C=O) groups is 1. The number of aromatic nitrogens is 4. The smallest absolute Gasteiger partial charge is 0.275 e. The SMILES string of the molecule is Cc1ncc(NC(=O)c2c[nH]c(=O)cn2)cn1. The van der Waals surface area contributed by atoms with E-state index in [2.05, 4.69) is 25.3 Å². The third-order valence-electron chi connectivity index (χ3n) is 1.94. The van der Waals surface area contributed by atoms with Crippen molar-refractivity contribution in [2.24, 2.45) is 0 Å². The number of aryl methyl sites for hydroxylation is 1. The van der Waals surface area contributed by atoms with Gasteiger partial charge >= 0.3 is 0 Å². The summed E-state index contributed by atoms with van der Waals surface area (Å²) >= 11 is 0. The first-order valence-corrected chi connectivity index (χ1v) is 4.80. The minimum atomic E-state index is -0.436. The number of amides is 1. The van der Waals surface area contributed by atoms with Gasteiger partial charge in [-0.2, -0.15) is 0 Å². The summed E-state index contributed by atoms with van der Waals surface area (Å²) < 4.78 is 0. The van der Waals surface area contributed by atoms with Gasteiger partial charge in [-0.15, -0.1) is 0 Å². The minimum absolute atomic E-state index is 0.116. The quantitative estimate of drug-likeness (QED) is 0.764. The first-order chi connectivity index (χ1) is 8.15. The molecule has 1 amide bonds. The normalized spacial score (nSPS) is 9.94. The van der Waals surface area contributed by atoms with E-state index in [1.165, 1.54) is 18.6 Å². The Labute approximate surface area is 96.0 Å². The highest BCUT2D eigenvalue weighted by atomic mass is 16.2. The number of carbonyl (C=O) groups excluding carboxylic acids is 1. The number of anilines is 1. The van der Waals surface area contributed by atoms with E-state index in [4.69, 9.17) is 0 Å². The van der Waals surface area contributed by atoms with Crippen molar-refractivity contribution in [3.05, 3.63) is 46.7 Å². The van der Waals surface area contributed by atoms with Gasteiger partial charge < -0.3 is 10.3 Å². The van der Waals surface area contributed by atoms with Crippen LogP contribution in [0.2, 0.25) is 0 Å². The van der Waals surface area contributed by atoms with Crippen molar-refractivity contribution >= 4 is 11.6 Å². The van der Waals surface area contributed by atoms with Crippen LogP contribution in [0.3, 0.4) is 0 Å². The van der Waals surface area contributed by atoms with Crippen molar-refractivity contribution in [1.82, 2.24) is 19.9 Å². The van der Waals surface area contributed by atoms with Gasteiger partial charge in [0.1, 0.15) is 11.5 Å². The summed E-state index contributed by atoms with van der Waals surface area (Å²) in [6.07, 6.45) is 5.27. The van der Waals surface area contributed by atoms with E-state index in [-0.39, 0.29) is 11.3 Å². The predicted octanol–water partition coefficient (Wildman–Crippen LogP) is 0.121. The fraction of sp³-hybridized carbons (Fsp3) is 0.100. The molecule has 0 aliphatic carbocycles. The molecule has 0 aliphatic rings. The number of hydrogen-bond donors (Lipinski definition) is 2. The van der Waals surface area contributed by atoms with Crippen molar-refractivity contribution in [3.63, 3.8) is 0 Å². The Morgan fingerprint density at radius 2 is 1.94 bits per heavy atom. The lowest BCUT2D eigenvalue weighted by Crippen LogP contribution is -2.17. The summed E-state index contributed by atoms with van der Waals surface area (Å²) in [5, 5.41) is 2.56. The summed E-state index contributed by atoms with van der Waals surface area (Å²) in [5.41, 5.74) is 0.221. The monoisotopic (exact) mass is 231 g/mol. The Balaban J connectivity index is 2.14. The number of nitrogens with one attached hydrogen (secondary N) is 2. The zero-order chi connectivity index (χ0) is 12.3. The number of aromatic amines is 1. The molecule has 7 heteroatoms. The van der Waals surface area contributed by atoms with E-state index >= 15 is 0 Å². The van der Waals surface area contributed by atoms with Gasteiger partial charge in [-0.3, -0.25) is 9.59 Å². The molecule has 0 saturated carbocycles. The molecule has 2 heterocycles. The lowest BCUT2D eigenvalue weighted by atomic mass is 10.4. The van der Waals surface area contributed by atoms with E-state index in [0.717, 1.165) is 6.20 Å². The highest BCUT2D eigenvalue weighted by Gasteiger charge is 2.07. The molecule has 0 fully saturated rings. The Morgan fingerprint density at radius 3 is 2.53 bits per heavy atom. The molecular formula is C10H9N5O2. The van der Waals surface area contributed by atoms with Crippen LogP contribution in [0.5, 0.6) is 0 Å². The van der Waals surface area contributed by atoms with Crippen molar-refractivity contribution < 1.29 is 4.79 Å². The van der Waals surface area contributed by atoms with Crippen LogP contribution in [0, 0.1) is 6.92 Å². The van der Waals surface area contributed by atoms with Gasteiger partial charge in [0.15, 0.2) is 0 Å². The third kappa shape index (κ3) is 2.71. The molecule has 0 aliphatic heterocycles. The van der Waals surface area contributed by atoms with E-state index in [1.807, 2.05) is 0 Å². The lowest BCUT2D eigenvalue weighted by molar-refractivity contribution is 0.102. The minimum Gasteiger partial charge on any atom is -0.325 e. The molecule has 0 saturated heterocycles. The van der Waals surface area contributed by atoms with Crippen LogP contribution in [0.1, 0.15) is 16.3 Å².